The number of nitrogens with zero attached hydrogens (tertiary/aromatic N) is 3. The maximum absolute atomic E-state index is 12.1. The Morgan fingerprint density at radius 1 is 1.38 bits per heavy atom. The molecule has 4 N–H and O–H groups in total. The highest BCUT2D eigenvalue weighted by atomic mass is 35.5. The largest absolute Gasteiger partial charge is 0.409 e. The minimum atomic E-state index is -0.152. The number of rotatable bonds is 3. The number of oxime groups is 1. The molecular formula is C13H18ClN5O2. The molecule has 7 nitrogen and oxygen atoms in total. The molecule has 1 aromatic rings. The summed E-state index contributed by atoms with van der Waals surface area (Å²) in [5.41, 5.74) is 6.14. The molecule has 114 valence electrons. The number of amides is 2. The average Bonchev–Trinajstić information content (AvgIpc) is 2.47. The summed E-state index contributed by atoms with van der Waals surface area (Å²) in [5, 5.41) is 14.9. The second-order valence-electron chi connectivity index (χ2n) is 4.80. The number of hydrogen-bond acceptors (Lipinski definition) is 4. The molecule has 0 atom stereocenters. The second-order valence-corrected chi connectivity index (χ2v) is 5.23. The first-order valence-corrected chi connectivity index (χ1v) is 6.96. The van der Waals surface area contributed by atoms with E-state index in [-0.39, 0.29) is 11.9 Å². The second kappa shape index (κ2) is 7.14. The molecule has 0 aromatic heterocycles. The van der Waals surface area contributed by atoms with Crippen LogP contribution in [0.4, 0.5) is 10.5 Å². The molecule has 21 heavy (non-hydrogen) atoms. The Kier molecular flexibility index (Phi) is 5.24. The van der Waals surface area contributed by atoms with E-state index in [0.717, 1.165) is 0 Å². The number of anilines is 1. The van der Waals surface area contributed by atoms with Crippen LogP contribution >= 0.6 is 11.6 Å². The molecule has 1 aliphatic rings. The van der Waals surface area contributed by atoms with E-state index in [1.165, 1.54) is 0 Å². The summed E-state index contributed by atoms with van der Waals surface area (Å²) in [6.45, 7) is 2.94. The van der Waals surface area contributed by atoms with Crippen molar-refractivity contribution < 1.29 is 10.0 Å². The maximum atomic E-state index is 12.1. The van der Waals surface area contributed by atoms with Crippen LogP contribution in [0.1, 0.15) is 0 Å². The van der Waals surface area contributed by atoms with Crippen LogP contribution in [0.5, 0.6) is 0 Å². The zero-order valence-electron chi connectivity index (χ0n) is 11.5. The molecule has 1 heterocycles. The Bertz CT molecular complexity index is 529. The summed E-state index contributed by atoms with van der Waals surface area (Å²) in [6, 6.07) is 6.88. The van der Waals surface area contributed by atoms with Gasteiger partial charge in [-0.2, -0.15) is 0 Å². The molecule has 0 unspecified atom stereocenters. The molecule has 0 saturated carbocycles. The Balaban J connectivity index is 1.83. The molecule has 2 amide bonds. The number of hydrogen-bond donors (Lipinski definition) is 3. The van der Waals surface area contributed by atoms with Crippen LogP contribution in [-0.4, -0.2) is 59.6 Å². The molecule has 1 aromatic carbocycles. The molecule has 0 spiro atoms. The maximum Gasteiger partial charge on any atom is 0.321 e. The van der Waals surface area contributed by atoms with E-state index >= 15 is 0 Å². The molecule has 0 bridgehead atoms. The fourth-order valence-electron chi connectivity index (χ4n) is 2.14. The Morgan fingerprint density at radius 2 is 2.10 bits per heavy atom. The van der Waals surface area contributed by atoms with Crippen molar-refractivity contribution in [1.29, 1.82) is 0 Å². The summed E-state index contributed by atoms with van der Waals surface area (Å²) in [5.74, 6) is 0.173. The average molecular weight is 312 g/mol. The molecule has 1 saturated heterocycles. The van der Waals surface area contributed by atoms with Crippen molar-refractivity contribution in [2.45, 2.75) is 0 Å². The topological polar surface area (TPSA) is 94.2 Å². The summed E-state index contributed by atoms with van der Waals surface area (Å²) in [6.07, 6.45) is 0. The monoisotopic (exact) mass is 311 g/mol. The van der Waals surface area contributed by atoms with Crippen LogP contribution in [-0.2, 0) is 0 Å². The van der Waals surface area contributed by atoms with Crippen molar-refractivity contribution in [3.63, 3.8) is 0 Å². The fourth-order valence-corrected chi connectivity index (χ4v) is 2.33. The van der Waals surface area contributed by atoms with Gasteiger partial charge < -0.3 is 21.2 Å². The zero-order chi connectivity index (χ0) is 15.2. The molecule has 0 radical (unpaired) electrons. The predicted octanol–water partition coefficient (Wildman–Crippen LogP) is 1.24. The number of amidine groups is 1. The van der Waals surface area contributed by atoms with E-state index in [9.17, 15) is 4.79 Å². The van der Waals surface area contributed by atoms with Gasteiger partial charge in [0.05, 0.1) is 6.54 Å². The summed E-state index contributed by atoms with van der Waals surface area (Å²) in [7, 11) is 0. The van der Waals surface area contributed by atoms with Crippen LogP contribution in [0.25, 0.3) is 0 Å². The number of halogens is 1. The van der Waals surface area contributed by atoms with E-state index < -0.39 is 0 Å². The zero-order valence-corrected chi connectivity index (χ0v) is 12.3. The lowest BCUT2D eigenvalue weighted by Crippen LogP contribution is -2.51. The van der Waals surface area contributed by atoms with Gasteiger partial charge in [-0.1, -0.05) is 22.8 Å². The van der Waals surface area contributed by atoms with Gasteiger partial charge >= 0.3 is 6.03 Å². The lowest BCUT2D eigenvalue weighted by Gasteiger charge is -2.34. The lowest BCUT2D eigenvalue weighted by atomic mass is 10.3. The molecule has 1 aliphatic heterocycles. The van der Waals surface area contributed by atoms with Crippen LogP contribution in [0.15, 0.2) is 29.4 Å². The summed E-state index contributed by atoms with van der Waals surface area (Å²) < 4.78 is 0. The van der Waals surface area contributed by atoms with E-state index in [1.807, 2.05) is 4.90 Å². The number of carbonyl (C=O) groups excluding carboxylic acids is 1. The SMILES string of the molecule is NC(CN1CCN(C(=O)Nc2cccc(Cl)c2)CC1)=NO. The van der Waals surface area contributed by atoms with Crippen LogP contribution in [0.2, 0.25) is 5.02 Å². The Hall–Kier alpha value is -1.99. The smallest absolute Gasteiger partial charge is 0.321 e. The van der Waals surface area contributed by atoms with Gasteiger partial charge in [-0.25, -0.2) is 4.79 Å². The van der Waals surface area contributed by atoms with Crippen LogP contribution in [0, 0.1) is 0 Å². The predicted molar refractivity (Wildman–Crippen MR) is 81.9 cm³/mol. The number of benzene rings is 1. The van der Waals surface area contributed by atoms with Gasteiger partial charge in [0, 0.05) is 36.9 Å². The number of nitrogens with two attached hydrogens (primary N) is 1. The minimum Gasteiger partial charge on any atom is -0.409 e. The van der Waals surface area contributed by atoms with Crippen molar-refractivity contribution >= 4 is 29.2 Å². The standard InChI is InChI=1S/C13H18ClN5O2/c14-10-2-1-3-11(8-10)16-13(20)19-6-4-18(5-7-19)9-12(15)17-21/h1-3,8,21H,4-7,9H2,(H2,15,17)(H,16,20). The van der Waals surface area contributed by atoms with Crippen molar-refractivity contribution in [2.75, 3.05) is 38.0 Å². The number of piperazine rings is 1. The first-order chi connectivity index (χ1) is 10.1. The Labute approximate surface area is 127 Å². The normalized spacial score (nSPS) is 16.8. The number of urea groups is 1. The Morgan fingerprint density at radius 3 is 2.71 bits per heavy atom. The lowest BCUT2D eigenvalue weighted by molar-refractivity contribution is 0.157. The highest BCUT2D eigenvalue weighted by Gasteiger charge is 2.21. The van der Waals surface area contributed by atoms with Crippen LogP contribution in [0.3, 0.4) is 0 Å². The molecule has 2 rings (SSSR count). The molecule has 0 aliphatic carbocycles. The third kappa shape index (κ3) is 4.51. The van der Waals surface area contributed by atoms with Crippen LogP contribution < -0.4 is 11.1 Å². The van der Waals surface area contributed by atoms with Crippen molar-refractivity contribution in [1.82, 2.24) is 9.80 Å². The number of carbonyl (C=O) groups is 1. The van der Waals surface area contributed by atoms with E-state index in [0.29, 0.717) is 43.4 Å². The van der Waals surface area contributed by atoms with E-state index in [4.69, 9.17) is 22.5 Å². The van der Waals surface area contributed by atoms with Gasteiger partial charge in [0.25, 0.3) is 0 Å². The van der Waals surface area contributed by atoms with Gasteiger partial charge in [-0.15, -0.1) is 0 Å². The molecular weight excluding hydrogens is 294 g/mol. The van der Waals surface area contributed by atoms with Gasteiger partial charge in [-0.3, -0.25) is 4.90 Å². The summed E-state index contributed by atoms with van der Waals surface area (Å²) >= 11 is 5.88. The van der Waals surface area contributed by atoms with E-state index in [1.54, 1.807) is 29.2 Å². The van der Waals surface area contributed by atoms with Gasteiger partial charge in [0.1, 0.15) is 0 Å². The third-order valence-corrected chi connectivity index (χ3v) is 3.48. The first-order valence-electron chi connectivity index (χ1n) is 6.59. The minimum absolute atomic E-state index is 0.152. The quantitative estimate of drug-likeness (QED) is 0.339. The third-order valence-electron chi connectivity index (χ3n) is 3.25. The van der Waals surface area contributed by atoms with Crippen molar-refractivity contribution in [3.05, 3.63) is 29.3 Å². The first kappa shape index (κ1) is 15.4. The summed E-state index contributed by atoms with van der Waals surface area (Å²) in [4.78, 5) is 15.9. The van der Waals surface area contributed by atoms with E-state index in [2.05, 4.69) is 10.5 Å². The molecule has 1 fully saturated rings. The van der Waals surface area contributed by atoms with Crippen molar-refractivity contribution in [3.8, 4) is 0 Å². The fraction of sp³-hybridized carbons (Fsp3) is 0.385. The highest BCUT2D eigenvalue weighted by Crippen LogP contribution is 2.15. The molecule has 8 heteroatoms. The van der Waals surface area contributed by atoms with Gasteiger partial charge in [0.15, 0.2) is 5.84 Å². The van der Waals surface area contributed by atoms with Gasteiger partial charge in [-0.05, 0) is 18.2 Å². The van der Waals surface area contributed by atoms with Crippen molar-refractivity contribution in [2.24, 2.45) is 10.9 Å². The highest BCUT2D eigenvalue weighted by molar-refractivity contribution is 6.30. The van der Waals surface area contributed by atoms with Gasteiger partial charge in [0.2, 0.25) is 0 Å². The number of nitrogens with one attached hydrogen (secondary N) is 1.